The summed E-state index contributed by atoms with van der Waals surface area (Å²) in [6.45, 7) is 0. The first-order chi connectivity index (χ1) is 13.8. The van der Waals surface area contributed by atoms with Crippen LogP contribution in [0.15, 0.2) is 36.4 Å². The number of carbonyl (C=O) groups excluding carboxylic acids is 2. The molecular formula is C19H16I2N4O4. The van der Waals surface area contributed by atoms with E-state index < -0.39 is 0 Å². The average Bonchev–Trinajstić information content (AvgIpc) is 3.25. The van der Waals surface area contributed by atoms with Crippen LogP contribution in [0.4, 0.5) is 0 Å². The number of rotatable bonds is 2. The zero-order valence-electron chi connectivity index (χ0n) is 15.7. The number of esters is 2. The molecule has 2 heterocycles. The zero-order valence-corrected chi connectivity index (χ0v) is 20.0. The number of hydrogen-bond donors (Lipinski definition) is 1. The van der Waals surface area contributed by atoms with Crippen LogP contribution in [0.5, 0.6) is 0 Å². The summed E-state index contributed by atoms with van der Waals surface area (Å²) in [7, 11) is 4.59. The first-order valence-corrected chi connectivity index (χ1v) is 10.4. The van der Waals surface area contributed by atoms with Crippen molar-refractivity contribution in [2.45, 2.75) is 0 Å². The number of ether oxygens (including phenoxy) is 2. The molecule has 0 saturated carbocycles. The monoisotopic (exact) mass is 618 g/mol. The topological polar surface area (TPSA) is 99.1 Å². The third-order valence-electron chi connectivity index (χ3n) is 4.16. The number of halogens is 2. The van der Waals surface area contributed by atoms with E-state index in [2.05, 4.69) is 70.0 Å². The first-order valence-electron chi connectivity index (χ1n) is 8.28. The Morgan fingerprint density at radius 1 is 0.931 bits per heavy atom. The number of fused-ring (bicyclic) bond motifs is 2. The minimum absolute atomic E-state index is 0.326. The lowest BCUT2D eigenvalue weighted by Crippen LogP contribution is -2.01. The van der Waals surface area contributed by atoms with E-state index in [1.807, 2.05) is 19.2 Å². The zero-order chi connectivity index (χ0) is 21.1. The molecule has 0 unspecified atom stereocenters. The normalized spacial score (nSPS) is 10.5. The number of nitrogens with one attached hydrogen (secondary N) is 1. The molecular weight excluding hydrogens is 602 g/mol. The van der Waals surface area contributed by atoms with Crippen LogP contribution in [0, 0.1) is 7.40 Å². The van der Waals surface area contributed by atoms with Crippen molar-refractivity contribution in [3.8, 4) is 0 Å². The van der Waals surface area contributed by atoms with Gasteiger partial charge in [0.05, 0.1) is 36.4 Å². The van der Waals surface area contributed by atoms with Crippen LogP contribution in [-0.4, -0.2) is 46.1 Å². The predicted octanol–water partition coefficient (Wildman–Crippen LogP) is 3.92. The number of benzene rings is 2. The third-order valence-corrected chi connectivity index (χ3v) is 5.78. The van der Waals surface area contributed by atoms with Crippen molar-refractivity contribution in [2.75, 3.05) is 14.2 Å². The average molecular weight is 618 g/mol. The van der Waals surface area contributed by atoms with Gasteiger partial charge in [-0.3, -0.25) is 9.78 Å². The SMILES string of the molecule is COC(=O)c1ccc2c(I)n[nH]c2c1.COC(=O)c1ccc2c(I)nn(C)c2c1. The summed E-state index contributed by atoms with van der Waals surface area (Å²) in [6.07, 6.45) is 0. The van der Waals surface area contributed by atoms with E-state index in [1.54, 1.807) is 28.9 Å². The lowest BCUT2D eigenvalue weighted by molar-refractivity contribution is 0.0592. The molecule has 10 heteroatoms. The van der Waals surface area contributed by atoms with Gasteiger partial charge in [-0.05, 0) is 81.6 Å². The summed E-state index contributed by atoms with van der Waals surface area (Å²) < 4.78 is 12.9. The van der Waals surface area contributed by atoms with Gasteiger partial charge in [-0.15, -0.1) is 0 Å². The van der Waals surface area contributed by atoms with Gasteiger partial charge in [-0.1, -0.05) is 0 Å². The van der Waals surface area contributed by atoms with Crippen molar-refractivity contribution in [2.24, 2.45) is 7.05 Å². The standard InChI is InChI=1S/C10H9IN2O2.C9H7IN2O2/c1-13-8-5-6(10(14)15-2)3-4-7(8)9(11)12-13;1-14-9(13)5-2-3-6-7(4-5)11-12-8(6)10/h3-5H,1-2H3;2-4H,1H3,(H,11,12). The quantitative estimate of drug-likeness (QED) is 0.270. The van der Waals surface area contributed by atoms with Crippen LogP contribution in [0.3, 0.4) is 0 Å². The van der Waals surface area contributed by atoms with Gasteiger partial charge in [0.1, 0.15) is 7.40 Å². The minimum Gasteiger partial charge on any atom is -0.465 e. The molecule has 0 aliphatic heterocycles. The molecule has 1 N–H and O–H groups in total. The van der Waals surface area contributed by atoms with Crippen LogP contribution in [0.25, 0.3) is 21.8 Å². The minimum atomic E-state index is -0.337. The van der Waals surface area contributed by atoms with E-state index in [4.69, 9.17) is 0 Å². The summed E-state index contributed by atoms with van der Waals surface area (Å²) in [5.41, 5.74) is 2.85. The van der Waals surface area contributed by atoms with Crippen molar-refractivity contribution < 1.29 is 19.1 Å². The molecule has 8 nitrogen and oxygen atoms in total. The first kappa shape index (κ1) is 21.5. The molecule has 2 aromatic heterocycles. The molecule has 0 atom stereocenters. The second-order valence-corrected chi connectivity index (χ2v) is 7.95. The van der Waals surface area contributed by atoms with E-state index in [-0.39, 0.29) is 11.9 Å². The van der Waals surface area contributed by atoms with Crippen molar-refractivity contribution in [3.63, 3.8) is 0 Å². The number of aromatic nitrogens is 4. The van der Waals surface area contributed by atoms with Crippen molar-refractivity contribution in [1.82, 2.24) is 20.0 Å². The number of carbonyl (C=O) groups is 2. The summed E-state index contributed by atoms with van der Waals surface area (Å²) >= 11 is 4.30. The number of H-pyrrole nitrogens is 1. The molecule has 0 bridgehead atoms. The molecule has 0 aliphatic carbocycles. The Hall–Kier alpha value is -2.22. The van der Waals surface area contributed by atoms with Gasteiger partial charge >= 0.3 is 11.9 Å². The second kappa shape index (κ2) is 9.07. The molecule has 4 rings (SSSR count). The number of aryl methyl sites for hydroxylation is 1. The fourth-order valence-corrected chi connectivity index (χ4v) is 4.06. The highest BCUT2D eigenvalue weighted by atomic mass is 127. The summed E-state index contributed by atoms with van der Waals surface area (Å²) in [6, 6.07) is 10.7. The number of hydrogen-bond acceptors (Lipinski definition) is 6. The van der Waals surface area contributed by atoms with Gasteiger partial charge < -0.3 is 9.47 Å². The van der Waals surface area contributed by atoms with E-state index in [9.17, 15) is 9.59 Å². The van der Waals surface area contributed by atoms with Gasteiger partial charge in [0.15, 0.2) is 0 Å². The molecule has 4 aromatic rings. The Bertz CT molecular complexity index is 1220. The van der Waals surface area contributed by atoms with Crippen LogP contribution >= 0.6 is 45.2 Å². The Labute approximate surface area is 193 Å². The molecule has 0 fully saturated rings. The molecule has 29 heavy (non-hydrogen) atoms. The van der Waals surface area contributed by atoms with E-state index >= 15 is 0 Å². The van der Waals surface area contributed by atoms with Gasteiger partial charge in [-0.2, -0.15) is 10.2 Å². The third kappa shape index (κ3) is 4.52. The molecule has 0 spiro atoms. The number of methoxy groups -OCH3 is 2. The summed E-state index contributed by atoms with van der Waals surface area (Å²) in [5, 5.41) is 13.2. The van der Waals surface area contributed by atoms with Gasteiger partial charge in [0.2, 0.25) is 0 Å². The van der Waals surface area contributed by atoms with E-state index in [0.717, 1.165) is 29.2 Å². The van der Waals surface area contributed by atoms with E-state index in [1.165, 1.54) is 14.2 Å². The van der Waals surface area contributed by atoms with Crippen LogP contribution in [0.2, 0.25) is 0 Å². The van der Waals surface area contributed by atoms with Crippen molar-refractivity contribution in [3.05, 3.63) is 54.9 Å². The van der Waals surface area contributed by atoms with Crippen LogP contribution in [-0.2, 0) is 16.5 Å². The Kier molecular flexibility index (Phi) is 6.72. The van der Waals surface area contributed by atoms with Gasteiger partial charge in [0, 0.05) is 17.8 Å². The Morgan fingerprint density at radius 3 is 2.14 bits per heavy atom. The highest BCUT2D eigenvalue weighted by Gasteiger charge is 2.11. The maximum absolute atomic E-state index is 11.3. The smallest absolute Gasteiger partial charge is 0.337 e. The maximum atomic E-state index is 11.3. The molecule has 2 aromatic carbocycles. The summed E-state index contributed by atoms with van der Waals surface area (Å²) in [4.78, 5) is 22.5. The van der Waals surface area contributed by atoms with Gasteiger partial charge in [0.25, 0.3) is 0 Å². The number of nitrogens with zero attached hydrogens (tertiary/aromatic N) is 3. The maximum Gasteiger partial charge on any atom is 0.337 e. The molecule has 0 aliphatic rings. The molecule has 150 valence electrons. The fourth-order valence-electron chi connectivity index (χ4n) is 2.69. The van der Waals surface area contributed by atoms with Gasteiger partial charge in [-0.25, -0.2) is 9.59 Å². The highest BCUT2D eigenvalue weighted by molar-refractivity contribution is 14.1. The lowest BCUT2D eigenvalue weighted by atomic mass is 10.2. The van der Waals surface area contributed by atoms with Crippen LogP contribution < -0.4 is 0 Å². The molecule has 0 radical (unpaired) electrons. The predicted molar refractivity (Wildman–Crippen MR) is 125 cm³/mol. The van der Waals surface area contributed by atoms with Crippen LogP contribution in [0.1, 0.15) is 20.7 Å². The molecule has 0 amide bonds. The Morgan fingerprint density at radius 2 is 1.52 bits per heavy atom. The molecule has 0 saturated heterocycles. The largest absolute Gasteiger partial charge is 0.465 e. The van der Waals surface area contributed by atoms with Crippen molar-refractivity contribution >= 4 is 78.9 Å². The van der Waals surface area contributed by atoms with E-state index in [0.29, 0.717) is 11.1 Å². The lowest BCUT2D eigenvalue weighted by Gasteiger charge is -1.99. The van der Waals surface area contributed by atoms with Crippen molar-refractivity contribution in [1.29, 1.82) is 0 Å². The summed E-state index contributed by atoms with van der Waals surface area (Å²) in [5.74, 6) is -0.662. The number of aromatic amines is 1. The highest BCUT2D eigenvalue weighted by Crippen LogP contribution is 2.21. The second-order valence-electron chi connectivity index (χ2n) is 5.90. The fraction of sp³-hybridized carbons (Fsp3) is 0.158. The Balaban J connectivity index is 0.000000166.